The fraction of sp³-hybridized carbons (Fsp3) is 0.107. The lowest BCUT2D eigenvalue weighted by Gasteiger charge is -2.25. The van der Waals surface area contributed by atoms with Crippen LogP contribution in [0, 0.1) is 13.8 Å². The van der Waals surface area contributed by atoms with Crippen LogP contribution in [0.15, 0.2) is 101 Å². The Hall–Kier alpha value is -3.57. The molecule has 0 atom stereocenters. The molecule has 0 aromatic heterocycles. The van der Waals surface area contributed by atoms with E-state index in [1.807, 2.05) is 6.07 Å². The van der Waals surface area contributed by atoms with Gasteiger partial charge in [0, 0.05) is 5.69 Å². The van der Waals surface area contributed by atoms with Crippen LogP contribution in [0.3, 0.4) is 0 Å². The average Bonchev–Trinajstić information content (AvgIpc) is 2.92. The molecule has 4 rings (SSSR count). The maximum atomic E-state index is 13.5. The summed E-state index contributed by atoms with van der Waals surface area (Å²) in [5, 5.41) is 2.71. The molecule has 0 saturated heterocycles. The van der Waals surface area contributed by atoms with Crippen LogP contribution in [0.4, 0.5) is 17.1 Å². The molecule has 2 N–H and O–H groups in total. The van der Waals surface area contributed by atoms with E-state index < -0.39 is 32.5 Å². The van der Waals surface area contributed by atoms with E-state index in [4.69, 9.17) is 23.2 Å². The van der Waals surface area contributed by atoms with Gasteiger partial charge in [-0.1, -0.05) is 65.7 Å². The van der Waals surface area contributed by atoms with Crippen LogP contribution in [0.2, 0.25) is 10.0 Å². The summed E-state index contributed by atoms with van der Waals surface area (Å²) in [6.07, 6.45) is 0. The Kier molecular flexibility index (Phi) is 8.74. The maximum absolute atomic E-state index is 13.5. The number of amides is 1. The van der Waals surface area contributed by atoms with Crippen LogP contribution in [-0.4, -0.2) is 29.3 Å². The van der Waals surface area contributed by atoms with Gasteiger partial charge in [-0.2, -0.15) is 0 Å². The summed E-state index contributed by atoms with van der Waals surface area (Å²) in [4.78, 5) is 13.0. The molecule has 12 heteroatoms. The third-order valence-electron chi connectivity index (χ3n) is 5.98. The highest BCUT2D eigenvalue weighted by molar-refractivity contribution is 7.93. The highest BCUT2D eigenvalue weighted by atomic mass is 35.5. The first-order chi connectivity index (χ1) is 18.9. The maximum Gasteiger partial charge on any atom is 0.264 e. The van der Waals surface area contributed by atoms with E-state index in [0.29, 0.717) is 5.69 Å². The van der Waals surface area contributed by atoms with Crippen LogP contribution < -0.4 is 14.3 Å². The molecule has 0 aliphatic carbocycles. The average molecular weight is 619 g/mol. The highest BCUT2D eigenvalue weighted by Crippen LogP contribution is 2.35. The van der Waals surface area contributed by atoms with Gasteiger partial charge in [-0.3, -0.25) is 13.8 Å². The topological polar surface area (TPSA) is 113 Å². The number of sulfonamides is 2. The number of carbonyl (C=O) groups is 1. The molecule has 0 saturated carbocycles. The molecule has 1 amide bonds. The van der Waals surface area contributed by atoms with Crippen molar-refractivity contribution in [3.8, 4) is 0 Å². The highest BCUT2D eigenvalue weighted by Gasteiger charge is 2.29. The van der Waals surface area contributed by atoms with Crippen LogP contribution >= 0.6 is 23.2 Å². The summed E-state index contributed by atoms with van der Waals surface area (Å²) < 4.78 is 56.4. The van der Waals surface area contributed by atoms with E-state index in [1.54, 1.807) is 44.2 Å². The van der Waals surface area contributed by atoms with Gasteiger partial charge in [0.2, 0.25) is 5.91 Å². The standard InChI is InChI=1S/C28H25Cl2N3O5S2/c1-19-8-6-9-20(2)28(19)32-39(35,36)22-16-14-21(15-17-22)31-26(34)18-33(25-13-7-12-24(29)27(25)30)40(37,38)23-10-4-3-5-11-23/h3-17,32H,18H2,1-2H3,(H,31,34). The normalized spacial score (nSPS) is 11.6. The van der Waals surface area contributed by atoms with E-state index in [9.17, 15) is 21.6 Å². The lowest BCUT2D eigenvalue weighted by molar-refractivity contribution is -0.114. The fourth-order valence-electron chi connectivity index (χ4n) is 3.92. The quantitative estimate of drug-likeness (QED) is 0.231. The Bertz CT molecular complexity index is 1740. The molecular formula is C28H25Cl2N3O5S2. The number of aryl methyl sites for hydroxylation is 2. The SMILES string of the molecule is Cc1cccc(C)c1NS(=O)(=O)c1ccc(NC(=O)CN(c2cccc(Cl)c2Cl)S(=O)(=O)c2ccccc2)cc1. The minimum atomic E-state index is -4.20. The van der Waals surface area contributed by atoms with Crippen molar-refractivity contribution in [3.05, 3.63) is 112 Å². The van der Waals surface area contributed by atoms with Gasteiger partial charge >= 0.3 is 0 Å². The second kappa shape index (κ2) is 11.9. The van der Waals surface area contributed by atoms with Gasteiger partial charge in [-0.25, -0.2) is 16.8 Å². The zero-order valence-electron chi connectivity index (χ0n) is 21.4. The number of hydrogen-bond acceptors (Lipinski definition) is 5. The van der Waals surface area contributed by atoms with Gasteiger partial charge < -0.3 is 5.32 Å². The Morgan fingerprint density at radius 2 is 1.35 bits per heavy atom. The van der Waals surface area contributed by atoms with Crippen molar-refractivity contribution < 1.29 is 21.6 Å². The Balaban J connectivity index is 1.56. The molecule has 0 bridgehead atoms. The molecule has 0 heterocycles. The van der Waals surface area contributed by atoms with Crippen molar-refractivity contribution in [3.63, 3.8) is 0 Å². The smallest absolute Gasteiger partial charge is 0.264 e. The molecule has 40 heavy (non-hydrogen) atoms. The summed E-state index contributed by atoms with van der Waals surface area (Å²) in [6.45, 7) is 2.99. The lowest BCUT2D eigenvalue weighted by Crippen LogP contribution is -2.38. The number of nitrogens with zero attached hydrogens (tertiary/aromatic N) is 1. The number of carbonyl (C=O) groups excluding carboxylic acids is 1. The molecule has 4 aromatic rings. The zero-order chi connectivity index (χ0) is 29.1. The summed E-state index contributed by atoms with van der Waals surface area (Å²) in [6, 6.07) is 23.1. The van der Waals surface area contributed by atoms with Gasteiger partial charge in [0.05, 0.1) is 31.2 Å². The van der Waals surface area contributed by atoms with Crippen LogP contribution in [0.1, 0.15) is 11.1 Å². The molecule has 4 aromatic carbocycles. The predicted molar refractivity (Wildman–Crippen MR) is 159 cm³/mol. The van der Waals surface area contributed by atoms with Crippen LogP contribution in [0.25, 0.3) is 0 Å². The number of hydrogen-bond donors (Lipinski definition) is 2. The van der Waals surface area contributed by atoms with E-state index in [2.05, 4.69) is 10.0 Å². The number of anilines is 3. The molecule has 0 spiro atoms. The number of benzene rings is 4. The van der Waals surface area contributed by atoms with Crippen LogP contribution in [0.5, 0.6) is 0 Å². The fourth-order valence-corrected chi connectivity index (χ4v) is 7.03. The molecular weight excluding hydrogens is 593 g/mol. The zero-order valence-corrected chi connectivity index (χ0v) is 24.6. The second-order valence-corrected chi connectivity index (χ2v) is 13.2. The van der Waals surface area contributed by atoms with Gasteiger partial charge in [0.15, 0.2) is 0 Å². The van der Waals surface area contributed by atoms with Crippen molar-refractivity contribution in [2.24, 2.45) is 0 Å². The van der Waals surface area contributed by atoms with Gasteiger partial charge in [-0.05, 0) is 73.5 Å². The third kappa shape index (κ3) is 6.42. The summed E-state index contributed by atoms with van der Waals surface area (Å²) in [7, 11) is -8.10. The van der Waals surface area contributed by atoms with Gasteiger partial charge in [0.1, 0.15) is 6.54 Å². The number of rotatable bonds is 9. The van der Waals surface area contributed by atoms with Gasteiger partial charge in [0.25, 0.3) is 20.0 Å². The summed E-state index contributed by atoms with van der Waals surface area (Å²) >= 11 is 12.5. The largest absolute Gasteiger partial charge is 0.325 e. The lowest BCUT2D eigenvalue weighted by atomic mass is 10.1. The molecule has 0 fully saturated rings. The first-order valence-electron chi connectivity index (χ1n) is 11.9. The van der Waals surface area contributed by atoms with Crippen LogP contribution in [-0.2, 0) is 24.8 Å². The molecule has 0 radical (unpaired) electrons. The second-order valence-electron chi connectivity index (χ2n) is 8.84. The molecule has 8 nitrogen and oxygen atoms in total. The Morgan fingerprint density at radius 1 is 0.750 bits per heavy atom. The summed E-state index contributed by atoms with van der Waals surface area (Å²) in [5.41, 5.74) is 2.36. The predicted octanol–water partition coefficient (Wildman–Crippen LogP) is 6.25. The minimum Gasteiger partial charge on any atom is -0.325 e. The van der Waals surface area contributed by atoms with Crippen molar-refractivity contribution in [1.82, 2.24) is 0 Å². The number of nitrogens with one attached hydrogen (secondary N) is 2. The van der Waals surface area contributed by atoms with Crippen molar-refractivity contribution in [2.45, 2.75) is 23.6 Å². The monoisotopic (exact) mass is 617 g/mol. The third-order valence-corrected chi connectivity index (χ3v) is 9.93. The number of para-hydroxylation sites is 1. The first kappa shape index (κ1) is 29.4. The van der Waals surface area contributed by atoms with E-state index in [-0.39, 0.29) is 31.2 Å². The molecule has 0 unspecified atom stereocenters. The van der Waals surface area contributed by atoms with Crippen molar-refractivity contribution in [2.75, 3.05) is 20.9 Å². The number of halogens is 2. The van der Waals surface area contributed by atoms with Gasteiger partial charge in [-0.15, -0.1) is 0 Å². The van der Waals surface area contributed by atoms with E-state index in [1.165, 1.54) is 54.6 Å². The van der Waals surface area contributed by atoms with E-state index in [0.717, 1.165) is 15.4 Å². The van der Waals surface area contributed by atoms with E-state index >= 15 is 0 Å². The minimum absolute atomic E-state index is 0.00727. The first-order valence-corrected chi connectivity index (χ1v) is 15.6. The molecule has 0 aliphatic rings. The summed E-state index contributed by atoms with van der Waals surface area (Å²) in [5.74, 6) is -0.681. The molecule has 208 valence electrons. The Morgan fingerprint density at radius 3 is 1.98 bits per heavy atom. The molecule has 0 aliphatic heterocycles. The van der Waals surface area contributed by atoms with Crippen molar-refractivity contribution in [1.29, 1.82) is 0 Å². The van der Waals surface area contributed by atoms with Crippen molar-refractivity contribution >= 4 is 66.2 Å². The Labute approximate surface area is 243 Å².